The Morgan fingerprint density at radius 1 is 1.04 bits per heavy atom. The normalized spacial score (nSPS) is 14.9. The number of nitrogens with one attached hydrogen (secondary N) is 2. The van der Waals surface area contributed by atoms with Gasteiger partial charge in [-0.3, -0.25) is 9.59 Å². The Bertz CT molecular complexity index is 832. The van der Waals surface area contributed by atoms with Crippen LogP contribution in [-0.2, 0) is 4.79 Å². The van der Waals surface area contributed by atoms with Gasteiger partial charge in [-0.15, -0.1) is 0 Å². The molecule has 27 heavy (non-hydrogen) atoms. The summed E-state index contributed by atoms with van der Waals surface area (Å²) in [6, 6.07) is 12.8. The van der Waals surface area contributed by atoms with E-state index in [1.807, 2.05) is 24.3 Å². The molecule has 1 aliphatic heterocycles. The molecule has 1 aliphatic rings. The maximum absolute atomic E-state index is 12.3. The molecule has 1 fully saturated rings. The van der Waals surface area contributed by atoms with Crippen LogP contribution in [-0.4, -0.2) is 44.4 Å². The van der Waals surface area contributed by atoms with E-state index in [1.54, 1.807) is 25.1 Å². The van der Waals surface area contributed by atoms with Crippen molar-refractivity contribution in [3.63, 3.8) is 0 Å². The predicted octanol–water partition coefficient (Wildman–Crippen LogP) is 2.54. The van der Waals surface area contributed by atoms with Gasteiger partial charge in [-0.1, -0.05) is 23.2 Å². The topological polar surface area (TPSA) is 53.9 Å². The molecule has 0 saturated carbocycles. The van der Waals surface area contributed by atoms with Crippen LogP contribution in [0.2, 0.25) is 10.0 Å². The third-order valence-electron chi connectivity index (χ3n) is 4.72. The molecule has 1 heterocycles. The van der Waals surface area contributed by atoms with Gasteiger partial charge in [-0.05, 0) is 49.4 Å². The van der Waals surface area contributed by atoms with E-state index in [2.05, 4.69) is 10.2 Å². The molecule has 5 nitrogen and oxygen atoms in total. The van der Waals surface area contributed by atoms with E-state index in [0.717, 1.165) is 37.4 Å². The Morgan fingerprint density at radius 2 is 1.70 bits per heavy atom. The smallest absolute Gasteiger partial charge is 0.279 e. The van der Waals surface area contributed by atoms with Crippen molar-refractivity contribution in [1.29, 1.82) is 0 Å². The van der Waals surface area contributed by atoms with Gasteiger partial charge in [-0.25, -0.2) is 0 Å². The first kappa shape index (κ1) is 19.7. The van der Waals surface area contributed by atoms with Gasteiger partial charge < -0.3 is 15.1 Å². The molecule has 1 saturated heterocycles. The van der Waals surface area contributed by atoms with Crippen molar-refractivity contribution in [2.45, 2.75) is 6.92 Å². The van der Waals surface area contributed by atoms with Gasteiger partial charge in [0.15, 0.2) is 12.3 Å². The van der Waals surface area contributed by atoms with Gasteiger partial charge in [0.2, 0.25) is 0 Å². The van der Waals surface area contributed by atoms with Crippen LogP contribution in [0.25, 0.3) is 0 Å². The molecular weight excluding hydrogens is 385 g/mol. The number of nitrogens with zero attached hydrogens (tertiary/aromatic N) is 1. The van der Waals surface area contributed by atoms with E-state index in [-0.39, 0.29) is 11.7 Å². The number of benzene rings is 2. The minimum absolute atomic E-state index is 0.0392. The third kappa shape index (κ3) is 5.22. The number of hydrogen-bond acceptors (Lipinski definition) is 3. The van der Waals surface area contributed by atoms with E-state index in [0.29, 0.717) is 22.3 Å². The van der Waals surface area contributed by atoms with Gasteiger partial charge in [0.1, 0.15) is 0 Å². The average Bonchev–Trinajstić information content (AvgIpc) is 2.65. The first-order valence-corrected chi connectivity index (χ1v) is 9.62. The number of hydrogen-bond donors (Lipinski definition) is 2. The standard InChI is InChI=1S/C20H21Cl2N3O2/c1-14(26)15-2-5-17(6-3-15)25-10-8-24(9-11-25)13-20(27)23-16-4-7-18(21)19(22)12-16/h2-7,12H,8-11,13H2,1H3,(H,23,27)/p+1. The number of carbonyl (C=O) groups is 2. The van der Waals surface area contributed by atoms with Gasteiger partial charge >= 0.3 is 0 Å². The summed E-state index contributed by atoms with van der Waals surface area (Å²) in [5.74, 6) is 0.0338. The summed E-state index contributed by atoms with van der Waals surface area (Å²) in [4.78, 5) is 27.2. The fraction of sp³-hybridized carbons (Fsp3) is 0.300. The van der Waals surface area contributed by atoms with Crippen LogP contribution in [0.3, 0.4) is 0 Å². The van der Waals surface area contributed by atoms with Crippen molar-refractivity contribution in [3.8, 4) is 0 Å². The number of carbonyl (C=O) groups excluding carboxylic acids is 2. The summed E-state index contributed by atoms with van der Waals surface area (Å²) in [7, 11) is 0. The van der Waals surface area contributed by atoms with Crippen molar-refractivity contribution in [2.75, 3.05) is 42.9 Å². The van der Waals surface area contributed by atoms with E-state index in [1.165, 1.54) is 4.90 Å². The van der Waals surface area contributed by atoms with Gasteiger partial charge in [0.25, 0.3) is 5.91 Å². The molecular formula is C20H22Cl2N3O2+. The van der Waals surface area contributed by atoms with Crippen LogP contribution < -0.4 is 15.1 Å². The fourth-order valence-corrected chi connectivity index (χ4v) is 3.47. The Hall–Kier alpha value is -2.08. The highest BCUT2D eigenvalue weighted by atomic mass is 35.5. The molecule has 0 aromatic heterocycles. The summed E-state index contributed by atoms with van der Waals surface area (Å²) < 4.78 is 0. The van der Waals surface area contributed by atoms with Crippen LogP contribution in [0.5, 0.6) is 0 Å². The quantitative estimate of drug-likeness (QED) is 0.750. The van der Waals surface area contributed by atoms with Crippen LogP contribution in [0, 0.1) is 0 Å². The van der Waals surface area contributed by atoms with Gasteiger partial charge in [-0.2, -0.15) is 0 Å². The Labute approximate surface area is 168 Å². The molecule has 0 atom stereocenters. The van der Waals surface area contributed by atoms with Gasteiger partial charge in [0.05, 0.1) is 36.2 Å². The summed E-state index contributed by atoms with van der Waals surface area (Å²) in [5, 5.41) is 3.76. The lowest BCUT2D eigenvalue weighted by molar-refractivity contribution is -0.892. The Kier molecular flexibility index (Phi) is 6.37. The SMILES string of the molecule is CC(=O)c1ccc(N2CC[NH+](CC(=O)Nc3ccc(Cl)c(Cl)c3)CC2)cc1. The predicted molar refractivity (Wildman–Crippen MR) is 109 cm³/mol. The second-order valence-electron chi connectivity index (χ2n) is 6.69. The largest absolute Gasteiger partial charge is 0.360 e. The summed E-state index contributed by atoms with van der Waals surface area (Å²) in [6.07, 6.45) is 0. The first-order chi connectivity index (χ1) is 12.9. The van der Waals surface area contributed by atoms with Crippen molar-refractivity contribution >= 4 is 46.3 Å². The molecule has 2 N–H and O–H groups in total. The van der Waals surface area contributed by atoms with Crippen molar-refractivity contribution in [2.24, 2.45) is 0 Å². The molecule has 0 radical (unpaired) electrons. The number of ketones is 1. The van der Waals surface area contributed by atoms with E-state index < -0.39 is 0 Å². The van der Waals surface area contributed by atoms with Gasteiger partial charge in [0, 0.05) is 16.9 Å². The van der Waals surface area contributed by atoms with E-state index in [4.69, 9.17) is 23.2 Å². The van der Waals surface area contributed by atoms with E-state index in [9.17, 15) is 9.59 Å². The van der Waals surface area contributed by atoms with Crippen molar-refractivity contribution in [3.05, 3.63) is 58.1 Å². The molecule has 142 valence electrons. The molecule has 0 unspecified atom stereocenters. The minimum Gasteiger partial charge on any atom is -0.360 e. The zero-order valence-electron chi connectivity index (χ0n) is 15.1. The minimum atomic E-state index is -0.0392. The highest BCUT2D eigenvalue weighted by Crippen LogP contribution is 2.24. The number of Topliss-reactive ketones (excluding diaryl/α,β-unsaturated/α-hetero) is 1. The molecule has 0 bridgehead atoms. The molecule has 2 aromatic carbocycles. The second kappa shape index (κ2) is 8.74. The fourth-order valence-electron chi connectivity index (χ4n) is 3.17. The average molecular weight is 407 g/mol. The second-order valence-corrected chi connectivity index (χ2v) is 7.51. The summed E-state index contributed by atoms with van der Waals surface area (Å²) in [5.41, 5.74) is 2.49. The van der Waals surface area contributed by atoms with Crippen molar-refractivity contribution in [1.82, 2.24) is 0 Å². The van der Waals surface area contributed by atoms with E-state index >= 15 is 0 Å². The first-order valence-electron chi connectivity index (χ1n) is 8.87. The Morgan fingerprint density at radius 3 is 2.30 bits per heavy atom. The Balaban J connectivity index is 1.49. The lowest BCUT2D eigenvalue weighted by atomic mass is 10.1. The third-order valence-corrected chi connectivity index (χ3v) is 5.46. The number of halogens is 2. The van der Waals surface area contributed by atoms with Crippen LogP contribution in [0.4, 0.5) is 11.4 Å². The lowest BCUT2D eigenvalue weighted by Crippen LogP contribution is -3.15. The zero-order chi connectivity index (χ0) is 19.4. The highest BCUT2D eigenvalue weighted by Gasteiger charge is 2.22. The van der Waals surface area contributed by atoms with Crippen LogP contribution >= 0.6 is 23.2 Å². The van der Waals surface area contributed by atoms with Crippen LogP contribution in [0.15, 0.2) is 42.5 Å². The zero-order valence-corrected chi connectivity index (χ0v) is 16.6. The molecule has 2 aromatic rings. The summed E-state index contributed by atoms with van der Waals surface area (Å²) in [6.45, 7) is 5.48. The number of amides is 1. The monoisotopic (exact) mass is 406 g/mol. The molecule has 0 aliphatic carbocycles. The molecule has 3 rings (SSSR count). The summed E-state index contributed by atoms with van der Waals surface area (Å²) >= 11 is 11.9. The highest BCUT2D eigenvalue weighted by molar-refractivity contribution is 6.42. The molecule has 1 amide bonds. The maximum Gasteiger partial charge on any atom is 0.279 e. The number of rotatable bonds is 5. The molecule has 0 spiro atoms. The maximum atomic E-state index is 12.3. The van der Waals surface area contributed by atoms with Crippen molar-refractivity contribution < 1.29 is 14.5 Å². The molecule has 7 heteroatoms. The lowest BCUT2D eigenvalue weighted by Gasteiger charge is -2.33. The van der Waals surface area contributed by atoms with Crippen LogP contribution in [0.1, 0.15) is 17.3 Å². The number of anilines is 2. The number of piperazine rings is 1. The number of quaternary nitrogens is 1.